The number of carbonyl (C=O) groups excluding carboxylic acids is 1. The van der Waals surface area contributed by atoms with Crippen molar-refractivity contribution in [3.05, 3.63) is 0 Å². The van der Waals surface area contributed by atoms with Crippen molar-refractivity contribution in [2.45, 2.75) is 169 Å². The summed E-state index contributed by atoms with van der Waals surface area (Å²) in [6.07, 6.45) is 28.1. The van der Waals surface area contributed by atoms with Gasteiger partial charge < -0.3 is 4.74 Å². The van der Waals surface area contributed by atoms with Crippen LogP contribution in [-0.4, -0.2) is 12.6 Å². The number of ether oxygens (including phenoxy) is 1. The lowest BCUT2D eigenvalue weighted by molar-refractivity contribution is -0.143. The highest BCUT2D eigenvalue weighted by Gasteiger charge is 2.07. The van der Waals surface area contributed by atoms with Crippen LogP contribution in [0.5, 0.6) is 0 Å². The molecule has 0 unspecified atom stereocenters. The second-order valence-electron chi connectivity index (χ2n) is 11.2. The van der Waals surface area contributed by atoms with Crippen molar-refractivity contribution in [2.24, 2.45) is 17.8 Å². The lowest BCUT2D eigenvalue weighted by Crippen LogP contribution is -2.03. The number of hydrogen-bond donors (Lipinski definition) is 0. The fourth-order valence-corrected chi connectivity index (χ4v) is 4.96. The monoisotopic (exact) mass is 466 g/mol. The van der Waals surface area contributed by atoms with Crippen LogP contribution in [-0.2, 0) is 9.53 Å². The molecule has 0 aromatic heterocycles. The van der Waals surface area contributed by atoms with Crippen molar-refractivity contribution in [1.29, 1.82) is 0 Å². The van der Waals surface area contributed by atoms with Crippen LogP contribution in [0.15, 0.2) is 0 Å². The summed E-state index contributed by atoms with van der Waals surface area (Å²) < 4.78 is 4.97. The van der Waals surface area contributed by atoms with E-state index in [1.807, 2.05) is 6.92 Å². The third-order valence-electron chi connectivity index (χ3n) is 7.48. The van der Waals surface area contributed by atoms with E-state index in [0.717, 1.165) is 24.2 Å². The van der Waals surface area contributed by atoms with Gasteiger partial charge in [0.2, 0.25) is 0 Å². The Bertz CT molecular complexity index is 406. The first kappa shape index (κ1) is 32.5. The Morgan fingerprint density at radius 3 is 1.30 bits per heavy atom. The first-order chi connectivity index (χ1) is 16.0. The zero-order chi connectivity index (χ0) is 24.6. The SMILES string of the molecule is CCCCC[C@H](C)CC[C@H](C)CCCCCCC[C@H](C)CCCCCCCCC(=O)OCC. The first-order valence-electron chi connectivity index (χ1n) is 15.1. The maximum Gasteiger partial charge on any atom is 0.305 e. The number of rotatable bonds is 25. The summed E-state index contributed by atoms with van der Waals surface area (Å²) in [5.74, 6) is 2.73. The quantitative estimate of drug-likeness (QED) is 0.0987. The summed E-state index contributed by atoms with van der Waals surface area (Å²) in [6, 6.07) is 0. The van der Waals surface area contributed by atoms with Gasteiger partial charge in [0.25, 0.3) is 0 Å². The van der Waals surface area contributed by atoms with Gasteiger partial charge in [-0.25, -0.2) is 0 Å². The van der Waals surface area contributed by atoms with E-state index >= 15 is 0 Å². The van der Waals surface area contributed by atoms with Crippen LogP contribution in [0.2, 0.25) is 0 Å². The van der Waals surface area contributed by atoms with Gasteiger partial charge in [-0.2, -0.15) is 0 Å². The number of hydrogen-bond acceptors (Lipinski definition) is 2. The molecule has 0 heterocycles. The molecule has 0 saturated carbocycles. The van der Waals surface area contributed by atoms with Crippen molar-refractivity contribution >= 4 is 5.97 Å². The molecule has 0 N–H and O–H groups in total. The summed E-state index contributed by atoms with van der Waals surface area (Å²) in [5.41, 5.74) is 0. The Morgan fingerprint density at radius 1 is 0.515 bits per heavy atom. The average molecular weight is 467 g/mol. The van der Waals surface area contributed by atoms with E-state index < -0.39 is 0 Å². The summed E-state index contributed by atoms with van der Waals surface area (Å²) in [7, 11) is 0. The van der Waals surface area contributed by atoms with Crippen LogP contribution in [0.3, 0.4) is 0 Å². The van der Waals surface area contributed by atoms with Crippen molar-refractivity contribution in [1.82, 2.24) is 0 Å². The molecule has 0 aliphatic carbocycles. The average Bonchev–Trinajstić information content (AvgIpc) is 2.79. The van der Waals surface area contributed by atoms with E-state index in [4.69, 9.17) is 4.74 Å². The third kappa shape index (κ3) is 24.4. The van der Waals surface area contributed by atoms with Crippen molar-refractivity contribution in [2.75, 3.05) is 6.61 Å². The molecule has 0 spiro atoms. The lowest BCUT2D eigenvalue weighted by atomic mass is 9.91. The second-order valence-corrected chi connectivity index (χ2v) is 11.2. The van der Waals surface area contributed by atoms with Crippen LogP contribution < -0.4 is 0 Å². The zero-order valence-electron chi connectivity index (χ0n) is 23.6. The van der Waals surface area contributed by atoms with E-state index in [1.54, 1.807) is 0 Å². The Labute approximate surface area is 209 Å². The first-order valence-corrected chi connectivity index (χ1v) is 15.1. The van der Waals surface area contributed by atoms with Crippen molar-refractivity contribution in [3.63, 3.8) is 0 Å². The minimum atomic E-state index is -0.0287. The van der Waals surface area contributed by atoms with Gasteiger partial charge in [-0.1, -0.05) is 150 Å². The van der Waals surface area contributed by atoms with E-state index in [2.05, 4.69) is 27.7 Å². The molecule has 198 valence electrons. The molecule has 0 bridgehead atoms. The molecule has 0 aliphatic rings. The third-order valence-corrected chi connectivity index (χ3v) is 7.48. The van der Waals surface area contributed by atoms with Crippen LogP contribution >= 0.6 is 0 Å². The largest absolute Gasteiger partial charge is 0.466 e. The van der Waals surface area contributed by atoms with Crippen molar-refractivity contribution in [3.8, 4) is 0 Å². The molecule has 0 aliphatic heterocycles. The van der Waals surface area contributed by atoms with Crippen LogP contribution in [0.1, 0.15) is 169 Å². The molecule has 33 heavy (non-hydrogen) atoms. The molecule has 3 atom stereocenters. The lowest BCUT2D eigenvalue weighted by Gasteiger charge is -2.15. The highest BCUT2D eigenvalue weighted by Crippen LogP contribution is 2.22. The maximum atomic E-state index is 11.3. The Hall–Kier alpha value is -0.530. The van der Waals surface area contributed by atoms with Gasteiger partial charge in [0.05, 0.1) is 6.61 Å². The minimum absolute atomic E-state index is 0.0287. The Morgan fingerprint density at radius 2 is 0.879 bits per heavy atom. The molecule has 0 amide bonds. The molecule has 0 fully saturated rings. The molecule has 0 aromatic rings. The number of esters is 1. The van der Waals surface area contributed by atoms with E-state index in [1.165, 1.54) is 122 Å². The summed E-state index contributed by atoms with van der Waals surface area (Å²) in [4.78, 5) is 11.3. The van der Waals surface area contributed by atoms with Gasteiger partial charge in [0.15, 0.2) is 0 Å². The molecule has 0 aromatic carbocycles. The molecular weight excluding hydrogens is 404 g/mol. The van der Waals surface area contributed by atoms with E-state index in [0.29, 0.717) is 13.0 Å². The van der Waals surface area contributed by atoms with Crippen molar-refractivity contribution < 1.29 is 9.53 Å². The second kappa shape index (κ2) is 24.6. The summed E-state index contributed by atoms with van der Waals surface area (Å²) in [5, 5.41) is 0. The highest BCUT2D eigenvalue weighted by atomic mass is 16.5. The molecule has 0 radical (unpaired) electrons. The smallest absolute Gasteiger partial charge is 0.305 e. The topological polar surface area (TPSA) is 26.3 Å². The molecular formula is C31H62O2. The van der Waals surface area contributed by atoms with Crippen LogP contribution in [0, 0.1) is 17.8 Å². The summed E-state index contributed by atoms with van der Waals surface area (Å²) >= 11 is 0. The van der Waals surface area contributed by atoms with Gasteiger partial charge in [-0.3, -0.25) is 4.79 Å². The fourth-order valence-electron chi connectivity index (χ4n) is 4.96. The predicted molar refractivity (Wildman–Crippen MR) is 147 cm³/mol. The fraction of sp³-hybridized carbons (Fsp3) is 0.968. The van der Waals surface area contributed by atoms with E-state index in [9.17, 15) is 4.79 Å². The normalized spacial score (nSPS) is 14.2. The summed E-state index contributed by atoms with van der Waals surface area (Å²) in [6.45, 7) is 12.1. The predicted octanol–water partition coefficient (Wildman–Crippen LogP) is 10.7. The highest BCUT2D eigenvalue weighted by molar-refractivity contribution is 5.69. The maximum absolute atomic E-state index is 11.3. The van der Waals surface area contributed by atoms with Gasteiger partial charge >= 0.3 is 5.97 Å². The van der Waals surface area contributed by atoms with Gasteiger partial charge in [0.1, 0.15) is 0 Å². The standard InChI is InChI=1S/C31H62O2/c1-6-8-16-21-29(4)26-27-30(5)24-19-14-11-13-18-23-28(3)22-17-12-9-10-15-20-25-31(32)33-7-2/h28-30H,6-27H2,1-5H3/t28-,29+,30-/m1/s1. The van der Waals surface area contributed by atoms with Gasteiger partial charge in [-0.15, -0.1) is 0 Å². The number of unbranched alkanes of at least 4 members (excludes halogenated alkanes) is 11. The van der Waals surface area contributed by atoms with E-state index in [-0.39, 0.29) is 5.97 Å². The number of carbonyl (C=O) groups is 1. The minimum Gasteiger partial charge on any atom is -0.466 e. The molecule has 2 nitrogen and oxygen atoms in total. The van der Waals surface area contributed by atoms with Crippen LogP contribution in [0.25, 0.3) is 0 Å². The Balaban J connectivity index is 3.37. The zero-order valence-corrected chi connectivity index (χ0v) is 23.6. The van der Waals surface area contributed by atoms with Crippen LogP contribution in [0.4, 0.5) is 0 Å². The molecule has 2 heteroatoms. The Kier molecular flexibility index (Phi) is 24.2. The molecule has 0 saturated heterocycles. The van der Waals surface area contributed by atoms with Gasteiger partial charge in [0, 0.05) is 6.42 Å². The molecule has 0 rings (SSSR count). The van der Waals surface area contributed by atoms with Gasteiger partial charge in [-0.05, 0) is 31.1 Å².